The molecule has 0 radical (unpaired) electrons. The Kier molecular flexibility index (Phi) is 5.51. The van der Waals surface area contributed by atoms with E-state index >= 15 is 0 Å². The lowest BCUT2D eigenvalue weighted by Gasteiger charge is -2.17. The van der Waals surface area contributed by atoms with Gasteiger partial charge in [0.15, 0.2) is 0 Å². The Balaban J connectivity index is 2.16. The predicted molar refractivity (Wildman–Crippen MR) is 79.0 cm³/mol. The normalized spacial score (nSPS) is 19.4. The zero-order valence-electron chi connectivity index (χ0n) is 12.8. The summed E-state index contributed by atoms with van der Waals surface area (Å²) < 4.78 is 67.9. The molecule has 1 atom stereocenters. The van der Waals surface area contributed by atoms with Crippen molar-refractivity contribution < 1.29 is 31.1 Å². The number of rotatable bonds is 5. The van der Waals surface area contributed by atoms with Crippen molar-refractivity contribution in [2.24, 2.45) is 0 Å². The Morgan fingerprint density at radius 1 is 1.42 bits per heavy atom. The van der Waals surface area contributed by atoms with E-state index in [1.807, 2.05) is 0 Å². The Labute approximate surface area is 137 Å². The van der Waals surface area contributed by atoms with Crippen molar-refractivity contribution in [3.05, 3.63) is 29.8 Å². The molecule has 1 amide bonds. The van der Waals surface area contributed by atoms with Crippen LogP contribution in [0.3, 0.4) is 0 Å². The van der Waals surface area contributed by atoms with Crippen LogP contribution in [0.25, 0.3) is 0 Å². The molecule has 134 valence electrons. The van der Waals surface area contributed by atoms with Gasteiger partial charge in [-0.25, -0.2) is 8.42 Å². The van der Waals surface area contributed by atoms with Crippen LogP contribution >= 0.6 is 0 Å². The summed E-state index contributed by atoms with van der Waals surface area (Å²) in [6.07, 6.45) is -4.18. The first-order valence-corrected chi connectivity index (χ1v) is 8.55. The molecule has 1 N–H and O–H groups in total. The van der Waals surface area contributed by atoms with E-state index in [1.165, 1.54) is 29.6 Å². The van der Waals surface area contributed by atoms with Crippen LogP contribution in [-0.2, 0) is 14.8 Å². The van der Waals surface area contributed by atoms with Gasteiger partial charge in [0.05, 0.1) is 11.0 Å². The molecule has 0 aliphatic carbocycles. The molecular weight excluding hydrogens is 349 g/mol. The van der Waals surface area contributed by atoms with Crippen LogP contribution in [0.2, 0.25) is 0 Å². The highest BCUT2D eigenvalue weighted by molar-refractivity contribution is 7.89. The number of nitrogens with zero attached hydrogens (tertiary/aromatic N) is 1. The Morgan fingerprint density at radius 3 is 2.71 bits per heavy atom. The molecule has 0 bridgehead atoms. The fourth-order valence-corrected chi connectivity index (χ4v) is 3.87. The van der Waals surface area contributed by atoms with Gasteiger partial charge >= 0.3 is 6.18 Å². The standard InChI is InChI=1S/C14H17F3N2O4S/c1-23-11-5-6-19(8-11)24(21,22)12-4-2-3-10(7-12)13(20)18-9-14(15,16)17/h2-4,7,11H,5-6,8-9H2,1H3,(H,18,20). The van der Waals surface area contributed by atoms with Crippen LogP contribution in [0.1, 0.15) is 16.8 Å². The lowest BCUT2D eigenvalue weighted by molar-refractivity contribution is -0.123. The van der Waals surface area contributed by atoms with Gasteiger partial charge in [-0.15, -0.1) is 0 Å². The third kappa shape index (κ3) is 4.46. The van der Waals surface area contributed by atoms with E-state index in [4.69, 9.17) is 4.74 Å². The van der Waals surface area contributed by atoms with Crippen LogP contribution in [0, 0.1) is 0 Å². The molecule has 6 nitrogen and oxygen atoms in total. The van der Waals surface area contributed by atoms with Crippen LogP contribution in [-0.4, -0.2) is 57.7 Å². The zero-order valence-corrected chi connectivity index (χ0v) is 13.7. The van der Waals surface area contributed by atoms with E-state index in [0.29, 0.717) is 6.42 Å². The number of hydrogen-bond donors (Lipinski definition) is 1. The third-order valence-electron chi connectivity index (χ3n) is 3.62. The number of benzene rings is 1. The van der Waals surface area contributed by atoms with Crippen LogP contribution in [0.15, 0.2) is 29.2 Å². The van der Waals surface area contributed by atoms with E-state index in [-0.39, 0.29) is 29.7 Å². The van der Waals surface area contributed by atoms with Gasteiger partial charge in [-0.05, 0) is 24.6 Å². The summed E-state index contributed by atoms with van der Waals surface area (Å²) in [5.74, 6) is -0.986. The molecule has 10 heteroatoms. The number of nitrogens with one attached hydrogen (secondary N) is 1. The lowest BCUT2D eigenvalue weighted by atomic mass is 10.2. The van der Waals surface area contributed by atoms with E-state index in [2.05, 4.69) is 0 Å². The second-order valence-corrected chi connectivity index (χ2v) is 7.27. The minimum Gasteiger partial charge on any atom is -0.380 e. The van der Waals surface area contributed by atoms with E-state index in [1.54, 1.807) is 5.32 Å². The van der Waals surface area contributed by atoms with Crippen molar-refractivity contribution in [2.75, 3.05) is 26.7 Å². The molecule has 0 saturated carbocycles. The largest absolute Gasteiger partial charge is 0.405 e. The fourth-order valence-electron chi connectivity index (χ4n) is 2.34. The number of carbonyl (C=O) groups excluding carboxylic acids is 1. The first kappa shape index (κ1) is 18.7. The maximum absolute atomic E-state index is 12.5. The molecule has 1 unspecified atom stereocenters. The Bertz CT molecular complexity index is 706. The minimum atomic E-state index is -4.54. The average molecular weight is 366 g/mol. The molecule has 24 heavy (non-hydrogen) atoms. The molecule has 1 aliphatic rings. The number of sulfonamides is 1. The first-order chi connectivity index (χ1) is 11.1. The van der Waals surface area contributed by atoms with Crippen molar-refractivity contribution in [2.45, 2.75) is 23.6 Å². The molecule has 0 spiro atoms. The summed E-state index contributed by atoms with van der Waals surface area (Å²) in [6, 6.07) is 4.95. The number of hydrogen-bond acceptors (Lipinski definition) is 4. The van der Waals surface area contributed by atoms with Crippen molar-refractivity contribution in [1.82, 2.24) is 9.62 Å². The highest BCUT2D eigenvalue weighted by Crippen LogP contribution is 2.23. The first-order valence-electron chi connectivity index (χ1n) is 7.11. The average Bonchev–Trinajstić information content (AvgIpc) is 3.02. The molecule has 1 aromatic carbocycles. The van der Waals surface area contributed by atoms with Crippen LogP contribution < -0.4 is 5.32 Å². The smallest absolute Gasteiger partial charge is 0.380 e. The van der Waals surface area contributed by atoms with Crippen molar-refractivity contribution >= 4 is 15.9 Å². The van der Waals surface area contributed by atoms with Crippen molar-refractivity contribution in [3.8, 4) is 0 Å². The molecular formula is C14H17F3N2O4S. The van der Waals surface area contributed by atoms with E-state index in [0.717, 1.165) is 6.07 Å². The minimum absolute atomic E-state index is 0.140. The van der Waals surface area contributed by atoms with Gasteiger partial charge in [0.1, 0.15) is 6.54 Å². The molecule has 1 saturated heterocycles. The molecule has 0 aromatic heterocycles. The summed E-state index contributed by atoms with van der Waals surface area (Å²) in [4.78, 5) is 11.6. The Morgan fingerprint density at radius 2 is 2.12 bits per heavy atom. The van der Waals surface area contributed by atoms with Gasteiger partial charge in [0.2, 0.25) is 10.0 Å². The monoisotopic (exact) mass is 366 g/mol. The van der Waals surface area contributed by atoms with Crippen LogP contribution in [0.5, 0.6) is 0 Å². The maximum Gasteiger partial charge on any atom is 0.405 e. The van der Waals surface area contributed by atoms with Gasteiger partial charge in [-0.3, -0.25) is 4.79 Å². The van der Waals surface area contributed by atoms with Gasteiger partial charge in [0.25, 0.3) is 5.91 Å². The van der Waals surface area contributed by atoms with Gasteiger partial charge < -0.3 is 10.1 Å². The van der Waals surface area contributed by atoms with Gasteiger partial charge in [-0.2, -0.15) is 17.5 Å². The summed E-state index contributed by atoms with van der Waals surface area (Å²) in [5.41, 5.74) is -0.150. The SMILES string of the molecule is COC1CCN(S(=O)(=O)c2cccc(C(=O)NCC(F)(F)F)c2)C1. The lowest BCUT2D eigenvalue weighted by Crippen LogP contribution is -2.34. The van der Waals surface area contributed by atoms with Gasteiger partial charge in [-0.1, -0.05) is 6.07 Å². The number of methoxy groups -OCH3 is 1. The highest BCUT2D eigenvalue weighted by Gasteiger charge is 2.33. The molecule has 1 heterocycles. The number of amides is 1. The molecule has 2 rings (SSSR count). The fraction of sp³-hybridized carbons (Fsp3) is 0.500. The summed E-state index contributed by atoms with van der Waals surface area (Å²) in [5, 5.41) is 1.71. The maximum atomic E-state index is 12.5. The molecule has 1 fully saturated rings. The van der Waals surface area contributed by atoms with E-state index in [9.17, 15) is 26.4 Å². The van der Waals surface area contributed by atoms with Crippen molar-refractivity contribution in [3.63, 3.8) is 0 Å². The van der Waals surface area contributed by atoms with E-state index < -0.39 is 28.7 Å². The topological polar surface area (TPSA) is 75.7 Å². The van der Waals surface area contributed by atoms with Crippen LogP contribution in [0.4, 0.5) is 13.2 Å². The second-order valence-electron chi connectivity index (χ2n) is 5.34. The summed E-state index contributed by atoms with van der Waals surface area (Å²) in [7, 11) is -2.34. The molecule has 1 aromatic rings. The zero-order chi connectivity index (χ0) is 18.0. The molecule has 1 aliphatic heterocycles. The number of ether oxygens (including phenoxy) is 1. The summed E-state index contributed by atoms with van der Waals surface area (Å²) >= 11 is 0. The summed E-state index contributed by atoms with van der Waals surface area (Å²) in [6.45, 7) is -1.00. The second kappa shape index (κ2) is 7.08. The third-order valence-corrected chi connectivity index (χ3v) is 5.49. The number of halogens is 3. The quantitative estimate of drug-likeness (QED) is 0.855. The van der Waals surface area contributed by atoms with Crippen molar-refractivity contribution in [1.29, 1.82) is 0 Å². The number of alkyl halides is 3. The number of carbonyl (C=O) groups is 1. The highest BCUT2D eigenvalue weighted by atomic mass is 32.2. The Hall–Kier alpha value is -1.65. The van der Waals surface area contributed by atoms with Gasteiger partial charge in [0, 0.05) is 25.8 Å². The predicted octanol–water partition coefficient (Wildman–Crippen LogP) is 1.39.